The molecular weight excluding hydrogens is 538 g/mol. The molecule has 4 nitrogen and oxygen atoms in total. The van der Waals surface area contributed by atoms with Crippen molar-refractivity contribution < 1.29 is 19.1 Å². The highest BCUT2D eigenvalue weighted by Gasteiger charge is 2.73. The van der Waals surface area contributed by atoms with Gasteiger partial charge in [-0.25, -0.2) is 0 Å². The largest absolute Gasteiger partial charge is 0.451 e. The van der Waals surface area contributed by atoms with Crippen LogP contribution in [0.15, 0.2) is 36.0 Å². The van der Waals surface area contributed by atoms with Gasteiger partial charge in [0.25, 0.3) is 0 Å². The van der Waals surface area contributed by atoms with E-state index in [1.54, 1.807) is 12.2 Å². The molecule has 0 unspecified atom stereocenters. The molecule has 0 amide bonds. The minimum Gasteiger partial charge on any atom is -0.451 e. The van der Waals surface area contributed by atoms with E-state index in [0.717, 1.165) is 12.0 Å². The second kappa shape index (κ2) is 7.17. The van der Waals surface area contributed by atoms with Crippen LogP contribution in [0.1, 0.15) is 40.0 Å². The molecule has 7 heteroatoms. The summed E-state index contributed by atoms with van der Waals surface area (Å²) in [5, 5.41) is -0.489. The second-order valence-electron chi connectivity index (χ2n) is 9.40. The molecule has 0 aromatic rings. The number of rotatable bonds is 3. The molecule has 0 aliphatic heterocycles. The maximum absolute atomic E-state index is 13.2. The number of hydrogen-bond donors (Lipinski definition) is 0. The molecule has 7 atom stereocenters. The monoisotopic (exact) mass is 562 g/mol. The van der Waals surface area contributed by atoms with Gasteiger partial charge < -0.3 is 4.74 Å². The van der Waals surface area contributed by atoms with Crippen molar-refractivity contribution in [2.45, 2.75) is 55.9 Å². The Morgan fingerprint density at radius 1 is 1.30 bits per heavy atom. The summed E-state index contributed by atoms with van der Waals surface area (Å²) >= 11 is 16.6. The van der Waals surface area contributed by atoms with E-state index in [1.165, 1.54) is 6.92 Å². The molecule has 0 saturated heterocycles. The van der Waals surface area contributed by atoms with Crippen molar-refractivity contribution in [1.29, 1.82) is 0 Å². The Balaban J connectivity index is 1.87. The van der Waals surface area contributed by atoms with Crippen LogP contribution in [0, 0.1) is 22.7 Å². The van der Waals surface area contributed by atoms with Gasteiger partial charge in [0, 0.05) is 23.7 Å². The number of halogens is 3. The van der Waals surface area contributed by atoms with Crippen molar-refractivity contribution in [2.24, 2.45) is 22.7 Å². The van der Waals surface area contributed by atoms with Crippen molar-refractivity contribution in [3.63, 3.8) is 0 Å². The maximum Gasteiger partial charge on any atom is 0.303 e. The summed E-state index contributed by atoms with van der Waals surface area (Å²) in [5.41, 5.74) is -1.54. The first kappa shape index (κ1) is 22.5. The Morgan fingerprint density at radius 2 is 2.00 bits per heavy atom. The van der Waals surface area contributed by atoms with Gasteiger partial charge in [-0.15, -0.1) is 23.2 Å². The Bertz CT molecular complexity index is 926. The number of allylic oxidation sites excluding steroid dienone is 6. The van der Waals surface area contributed by atoms with E-state index in [4.69, 9.17) is 27.9 Å². The number of carbonyl (C=O) groups is 3. The summed E-state index contributed by atoms with van der Waals surface area (Å²) in [6.07, 6.45) is 10.8. The van der Waals surface area contributed by atoms with Crippen molar-refractivity contribution in [1.82, 2.24) is 0 Å². The topological polar surface area (TPSA) is 60.4 Å². The zero-order valence-corrected chi connectivity index (χ0v) is 20.9. The first-order valence-electron chi connectivity index (χ1n) is 10.2. The van der Waals surface area contributed by atoms with Crippen LogP contribution >= 0.6 is 45.8 Å². The summed E-state index contributed by atoms with van der Waals surface area (Å²) in [7, 11) is 0. The molecule has 0 spiro atoms. The van der Waals surface area contributed by atoms with Crippen molar-refractivity contribution in [2.75, 3.05) is 4.43 Å². The van der Waals surface area contributed by atoms with E-state index in [1.807, 2.05) is 48.6 Å². The van der Waals surface area contributed by atoms with E-state index < -0.39 is 32.7 Å². The minimum absolute atomic E-state index is 0.0249. The summed E-state index contributed by atoms with van der Waals surface area (Å²) < 4.78 is 6.11. The summed E-state index contributed by atoms with van der Waals surface area (Å²) in [6, 6.07) is 0. The van der Waals surface area contributed by atoms with Crippen LogP contribution in [0.2, 0.25) is 0 Å². The van der Waals surface area contributed by atoms with E-state index in [-0.39, 0.29) is 27.8 Å². The van der Waals surface area contributed by atoms with Gasteiger partial charge in [-0.2, -0.15) is 0 Å². The van der Waals surface area contributed by atoms with Crippen LogP contribution in [0.5, 0.6) is 0 Å². The average Bonchev–Trinajstić information content (AvgIpc) is 2.95. The molecule has 4 aliphatic carbocycles. The highest BCUT2D eigenvalue weighted by atomic mass is 127. The van der Waals surface area contributed by atoms with Gasteiger partial charge in [0.15, 0.2) is 17.2 Å². The smallest absolute Gasteiger partial charge is 0.303 e. The molecule has 4 rings (SSSR count). The molecule has 0 aromatic heterocycles. The summed E-state index contributed by atoms with van der Waals surface area (Å²) in [4.78, 5) is 36.3. The van der Waals surface area contributed by atoms with E-state index in [2.05, 4.69) is 6.08 Å². The molecule has 0 radical (unpaired) electrons. The predicted octanol–water partition coefficient (Wildman–Crippen LogP) is 4.96. The number of esters is 1. The molecule has 0 bridgehead atoms. The lowest BCUT2D eigenvalue weighted by Gasteiger charge is -2.62. The average molecular weight is 563 g/mol. The molecule has 0 heterocycles. The second-order valence-corrected chi connectivity index (χ2v) is 11.3. The lowest BCUT2D eigenvalue weighted by Crippen LogP contribution is -2.67. The normalized spacial score (nSPS) is 46.5. The quantitative estimate of drug-likeness (QED) is 0.277. The maximum atomic E-state index is 13.2. The molecule has 0 aromatic carbocycles. The van der Waals surface area contributed by atoms with Crippen molar-refractivity contribution in [3.05, 3.63) is 36.0 Å². The number of hydrogen-bond acceptors (Lipinski definition) is 4. The van der Waals surface area contributed by atoms with Crippen LogP contribution in [-0.2, 0) is 19.1 Å². The van der Waals surface area contributed by atoms with Crippen LogP contribution in [-0.4, -0.2) is 37.8 Å². The van der Waals surface area contributed by atoms with Gasteiger partial charge in [0.05, 0.1) is 14.7 Å². The number of carbonyl (C=O) groups excluding carboxylic acids is 3. The van der Waals surface area contributed by atoms with Crippen LogP contribution in [0.4, 0.5) is 0 Å². The zero-order valence-electron chi connectivity index (χ0n) is 17.2. The standard InChI is InChI=1S/C23H25Cl2IO4/c1-13(27)30-22(19(29)12-26)9-7-16-17-5-4-14-10-15(28)6-8-20(14,2)23(17,25)18(24)11-21(16,22)3/h4-6,8,10,16-18H,7,9,11-12H2,1-3H3/t16-,17-,18-,20-,21-,22-,23-/m0/s1. The Hall–Kier alpha value is -0.660. The Labute approximate surface area is 200 Å². The van der Waals surface area contributed by atoms with Crippen molar-refractivity contribution >= 4 is 63.3 Å². The van der Waals surface area contributed by atoms with Crippen LogP contribution < -0.4 is 0 Å². The SMILES string of the molecule is CC(=O)O[C@]1(C(=O)CI)CC[C@H]2[C@@H]3C=CC4=CC(=O)C=C[C@]4(C)[C@@]3(Cl)[C@@H](Cl)C[C@@]21C. The fourth-order valence-corrected chi connectivity index (χ4v) is 8.42. The zero-order chi connectivity index (χ0) is 22.1. The Kier molecular flexibility index (Phi) is 5.39. The van der Waals surface area contributed by atoms with Crippen LogP contribution in [0.3, 0.4) is 0 Å². The molecule has 0 N–H and O–H groups in total. The van der Waals surface area contributed by atoms with Gasteiger partial charge in [0.1, 0.15) is 0 Å². The first-order chi connectivity index (χ1) is 14.0. The molecule has 2 fully saturated rings. The number of Topliss-reactive ketones (excluding diaryl/α,β-unsaturated/α-hetero) is 1. The van der Waals surface area contributed by atoms with Gasteiger partial charge in [-0.3, -0.25) is 14.4 Å². The van der Waals surface area contributed by atoms with Crippen LogP contribution in [0.25, 0.3) is 0 Å². The number of fused-ring (bicyclic) bond motifs is 5. The highest BCUT2D eigenvalue weighted by molar-refractivity contribution is 14.1. The third-order valence-corrected chi connectivity index (χ3v) is 10.4. The third-order valence-electron chi connectivity index (χ3n) is 8.17. The van der Waals surface area contributed by atoms with Gasteiger partial charge in [-0.05, 0) is 42.9 Å². The lowest BCUT2D eigenvalue weighted by molar-refractivity contribution is -0.183. The molecular formula is C23H25Cl2IO4. The van der Waals surface area contributed by atoms with E-state index in [0.29, 0.717) is 12.8 Å². The number of alkyl halides is 3. The number of ketones is 2. The fraction of sp³-hybridized carbons (Fsp3) is 0.609. The molecule has 162 valence electrons. The summed E-state index contributed by atoms with van der Waals surface area (Å²) in [5.74, 6) is -0.672. The minimum atomic E-state index is -1.18. The van der Waals surface area contributed by atoms with E-state index in [9.17, 15) is 14.4 Å². The predicted molar refractivity (Wildman–Crippen MR) is 125 cm³/mol. The van der Waals surface area contributed by atoms with Gasteiger partial charge in [0.2, 0.25) is 0 Å². The van der Waals surface area contributed by atoms with E-state index >= 15 is 0 Å². The molecule has 2 saturated carbocycles. The molecule has 30 heavy (non-hydrogen) atoms. The summed E-state index contributed by atoms with van der Waals surface area (Å²) in [6.45, 7) is 5.42. The fourth-order valence-electron chi connectivity index (χ4n) is 6.63. The van der Waals surface area contributed by atoms with Gasteiger partial charge >= 0.3 is 5.97 Å². The first-order valence-corrected chi connectivity index (χ1v) is 12.6. The van der Waals surface area contributed by atoms with Gasteiger partial charge in [-0.1, -0.05) is 54.7 Å². The highest BCUT2D eigenvalue weighted by Crippen LogP contribution is 2.70. The number of ether oxygens (including phenoxy) is 1. The Morgan fingerprint density at radius 3 is 2.63 bits per heavy atom. The third kappa shape index (κ3) is 2.67. The molecule has 4 aliphatic rings. The van der Waals surface area contributed by atoms with Crippen molar-refractivity contribution in [3.8, 4) is 0 Å². The lowest BCUT2D eigenvalue weighted by atomic mass is 9.48.